The van der Waals surface area contributed by atoms with E-state index < -0.39 is 34.8 Å². The number of carbonyl (C=O) groups is 2. The van der Waals surface area contributed by atoms with Gasteiger partial charge >= 0.3 is 11.9 Å². The van der Waals surface area contributed by atoms with Crippen molar-refractivity contribution in [3.63, 3.8) is 0 Å². The Balaban J connectivity index is 4.88. The summed E-state index contributed by atoms with van der Waals surface area (Å²) in [6.45, 7) is 7.35. The SMILES string of the molecule is CC(O)(CCO)CC(=O)OC(OC(=O)CC(C)(O)CCO)C(C)(C)C. The Morgan fingerprint density at radius 3 is 1.36 bits per heavy atom. The second-order valence-corrected chi connectivity index (χ2v) is 7.97. The first kappa shape index (κ1) is 23.8. The Labute approximate surface area is 148 Å². The quantitative estimate of drug-likeness (QED) is 0.325. The van der Waals surface area contributed by atoms with E-state index in [0.29, 0.717) is 0 Å². The molecule has 0 aliphatic carbocycles. The van der Waals surface area contributed by atoms with Gasteiger partial charge in [0.15, 0.2) is 0 Å². The summed E-state index contributed by atoms with van der Waals surface area (Å²) in [6.07, 6.45) is -1.92. The van der Waals surface area contributed by atoms with Gasteiger partial charge in [-0.3, -0.25) is 9.59 Å². The molecule has 4 N–H and O–H groups in total. The summed E-state index contributed by atoms with van der Waals surface area (Å²) in [5.41, 5.74) is -3.58. The first-order valence-corrected chi connectivity index (χ1v) is 8.28. The molecule has 2 atom stereocenters. The van der Waals surface area contributed by atoms with Crippen LogP contribution in [0.2, 0.25) is 0 Å². The Morgan fingerprint density at radius 2 is 1.12 bits per heavy atom. The second-order valence-electron chi connectivity index (χ2n) is 7.97. The van der Waals surface area contributed by atoms with Crippen LogP contribution in [0.4, 0.5) is 0 Å². The zero-order chi connectivity index (χ0) is 19.9. The summed E-state index contributed by atoms with van der Waals surface area (Å²) in [5.74, 6) is -1.54. The van der Waals surface area contributed by atoms with Gasteiger partial charge in [-0.2, -0.15) is 0 Å². The second kappa shape index (κ2) is 9.47. The number of ether oxygens (including phenoxy) is 2. The van der Waals surface area contributed by atoms with Gasteiger partial charge in [0.25, 0.3) is 6.29 Å². The lowest BCUT2D eigenvalue weighted by atomic mass is 9.95. The van der Waals surface area contributed by atoms with Crippen molar-refractivity contribution in [2.45, 2.75) is 77.8 Å². The van der Waals surface area contributed by atoms with Gasteiger partial charge in [-0.1, -0.05) is 20.8 Å². The van der Waals surface area contributed by atoms with Gasteiger partial charge in [0.2, 0.25) is 0 Å². The normalized spacial score (nSPS) is 18.0. The molecule has 2 unspecified atom stereocenters. The molecule has 0 bridgehead atoms. The fraction of sp³-hybridized carbons (Fsp3) is 0.882. The van der Waals surface area contributed by atoms with Gasteiger partial charge in [0.05, 0.1) is 24.0 Å². The van der Waals surface area contributed by atoms with Crippen LogP contribution in [0.15, 0.2) is 0 Å². The van der Waals surface area contributed by atoms with Crippen LogP contribution in [-0.4, -0.2) is 63.1 Å². The van der Waals surface area contributed by atoms with Crippen molar-refractivity contribution in [2.75, 3.05) is 13.2 Å². The number of hydrogen-bond acceptors (Lipinski definition) is 8. The van der Waals surface area contributed by atoms with Crippen LogP contribution in [0.1, 0.15) is 60.3 Å². The van der Waals surface area contributed by atoms with E-state index in [1.807, 2.05) is 0 Å². The molecule has 0 radical (unpaired) electrons. The van der Waals surface area contributed by atoms with Crippen LogP contribution in [0, 0.1) is 5.41 Å². The van der Waals surface area contributed by atoms with Crippen molar-refractivity contribution in [3.8, 4) is 0 Å². The summed E-state index contributed by atoms with van der Waals surface area (Å²) in [4.78, 5) is 24.0. The van der Waals surface area contributed by atoms with E-state index in [0.717, 1.165) is 0 Å². The van der Waals surface area contributed by atoms with E-state index in [1.165, 1.54) is 13.8 Å². The maximum absolute atomic E-state index is 12.0. The Bertz CT molecular complexity index is 402. The summed E-state index contributed by atoms with van der Waals surface area (Å²) < 4.78 is 10.4. The third-order valence-electron chi connectivity index (χ3n) is 3.54. The highest BCUT2D eigenvalue weighted by atomic mass is 16.7. The predicted octanol–water partition coefficient (Wildman–Crippen LogP) is 0.492. The third kappa shape index (κ3) is 10.4. The van der Waals surface area contributed by atoms with Gasteiger partial charge in [-0.05, 0) is 26.7 Å². The van der Waals surface area contributed by atoms with Gasteiger partial charge in [-0.15, -0.1) is 0 Å². The lowest BCUT2D eigenvalue weighted by Crippen LogP contribution is -2.40. The molecule has 0 amide bonds. The molecule has 0 aromatic heterocycles. The van der Waals surface area contributed by atoms with Crippen molar-refractivity contribution in [1.82, 2.24) is 0 Å². The van der Waals surface area contributed by atoms with Gasteiger partial charge < -0.3 is 29.9 Å². The highest BCUT2D eigenvalue weighted by Crippen LogP contribution is 2.26. The number of aliphatic hydroxyl groups excluding tert-OH is 2. The molecule has 0 saturated heterocycles. The summed E-state index contributed by atoms with van der Waals surface area (Å²) in [6, 6.07) is 0. The maximum atomic E-state index is 12.0. The Kier molecular flexibility index (Phi) is 9.01. The van der Waals surface area contributed by atoms with Crippen molar-refractivity contribution in [3.05, 3.63) is 0 Å². The first-order valence-electron chi connectivity index (χ1n) is 8.28. The molecular weight excluding hydrogens is 332 g/mol. The van der Waals surface area contributed by atoms with Crippen molar-refractivity contribution < 1.29 is 39.5 Å². The fourth-order valence-corrected chi connectivity index (χ4v) is 1.98. The van der Waals surface area contributed by atoms with Crippen LogP contribution in [0.3, 0.4) is 0 Å². The highest BCUT2D eigenvalue weighted by molar-refractivity contribution is 5.72. The van der Waals surface area contributed by atoms with Crippen LogP contribution in [-0.2, 0) is 19.1 Å². The number of rotatable bonds is 10. The molecule has 0 fully saturated rings. The molecule has 0 aliphatic heterocycles. The van der Waals surface area contributed by atoms with E-state index in [2.05, 4.69) is 0 Å². The molecule has 0 aromatic rings. The lowest BCUT2D eigenvalue weighted by molar-refractivity contribution is -0.211. The molecule has 0 aromatic carbocycles. The molecule has 148 valence electrons. The van der Waals surface area contributed by atoms with Gasteiger partial charge in [0, 0.05) is 18.6 Å². The highest BCUT2D eigenvalue weighted by Gasteiger charge is 2.35. The van der Waals surface area contributed by atoms with E-state index >= 15 is 0 Å². The zero-order valence-corrected chi connectivity index (χ0v) is 15.7. The van der Waals surface area contributed by atoms with Crippen LogP contribution < -0.4 is 0 Å². The number of aliphatic hydroxyl groups is 4. The van der Waals surface area contributed by atoms with E-state index in [-0.39, 0.29) is 38.9 Å². The molecular formula is C17H32O8. The topological polar surface area (TPSA) is 134 Å². The number of carbonyl (C=O) groups excluding carboxylic acids is 2. The molecule has 0 rings (SSSR count). The van der Waals surface area contributed by atoms with Crippen LogP contribution >= 0.6 is 0 Å². The maximum Gasteiger partial charge on any atom is 0.311 e. The number of esters is 2. The minimum absolute atomic E-state index is 0.00605. The summed E-state index contributed by atoms with van der Waals surface area (Å²) >= 11 is 0. The average Bonchev–Trinajstić information content (AvgIpc) is 2.34. The van der Waals surface area contributed by atoms with E-state index in [1.54, 1.807) is 20.8 Å². The van der Waals surface area contributed by atoms with Crippen molar-refractivity contribution >= 4 is 11.9 Å². The largest absolute Gasteiger partial charge is 0.424 e. The minimum atomic E-state index is -1.43. The zero-order valence-electron chi connectivity index (χ0n) is 15.7. The van der Waals surface area contributed by atoms with E-state index in [9.17, 15) is 19.8 Å². The van der Waals surface area contributed by atoms with Crippen molar-refractivity contribution in [2.24, 2.45) is 5.41 Å². The predicted molar refractivity (Wildman–Crippen MR) is 89.3 cm³/mol. The fourth-order valence-electron chi connectivity index (χ4n) is 1.98. The smallest absolute Gasteiger partial charge is 0.311 e. The molecule has 0 spiro atoms. The molecule has 8 nitrogen and oxygen atoms in total. The Morgan fingerprint density at radius 1 is 0.800 bits per heavy atom. The summed E-state index contributed by atoms with van der Waals surface area (Å²) in [7, 11) is 0. The van der Waals surface area contributed by atoms with Crippen molar-refractivity contribution in [1.29, 1.82) is 0 Å². The minimum Gasteiger partial charge on any atom is -0.424 e. The summed E-state index contributed by atoms with van der Waals surface area (Å²) in [5, 5.41) is 37.7. The third-order valence-corrected chi connectivity index (χ3v) is 3.54. The first-order chi connectivity index (χ1) is 11.2. The Hall–Kier alpha value is -1.22. The standard InChI is InChI=1S/C17H32O8/c1-15(2,3)14(24-12(20)10-16(4,22)6-8-18)25-13(21)11-17(5,23)7-9-19/h14,18-19,22-23H,6-11H2,1-5H3. The number of hydrogen-bond donors (Lipinski definition) is 4. The molecule has 0 saturated carbocycles. The molecule has 8 heteroatoms. The lowest BCUT2D eigenvalue weighted by Gasteiger charge is -2.31. The monoisotopic (exact) mass is 364 g/mol. The van der Waals surface area contributed by atoms with Gasteiger partial charge in [0.1, 0.15) is 0 Å². The molecule has 0 heterocycles. The van der Waals surface area contributed by atoms with E-state index in [4.69, 9.17) is 19.7 Å². The molecule has 0 aliphatic rings. The average molecular weight is 364 g/mol. The molecule has 25 heavy (non-hydrogen) atoms. The van der Waals surface area contributed by atoms with Gasteiger partial charge in [-0.25, -0.2) is 0 Å². The van der Waals surface area contributed by atoms with Crippen LogP contribution in [0.5, 0.6) is 0 Å². The van der Waals surface area contributed by atoms with Crippen LogP contribution in [0.25, 0.3) is 0 Å².